The number of nitrogens with zero attached hydrogens (tertiary/aromatic N) is 5. The Bertz CT molecular complexity index is 1420. The van der Waals surface area contributed by atoms with Crippen molar-refractivity contribution in [2.24, 2.45) is 0 Å². The van der Waals surface area contributed by atoms with Gasteiger partial charge in [-0.15, -0.1) is 20.4 Å². The molecule has 2 heterocycles. The highest BCUT2D eigenvalue weighted by atomic mass is 32.2. The zero-order valence-electron chi connectivity index (χ0n) is 18.9. The highest BCUT2D eigenvalue weighted by molar-refractivity contribution is 7.98. The molecule has 0 saturated heterocycles. The van der Waals surface area contributed by atoms with E-state index < -0.39 is 0 Å². The van der Waals surface area contributed by atoms with E-state index in [9.17, 15) is 0 Å². The third-order valence-electron chi connectivity index (χ3n) is 5.66. The second kappa shape index (κ2) is 9.19. The summed E-state index contributed by atoms with van der Waals surface area (Å²) < 4.78 is 7.85. The molecule has 0 fully saturated rings. The Morgan fingerprint density at radius 1 is 0.879 bits per heavy atom. The Labute approximate surface area is 197 Å². The van der Waals surface area contributed by atoms with Crippen LogP contribution in [-0.4, -0.2) is 25.0 Å². The number of thioether (sulfide) groups is 1. The van der Waals surface area contributed by atoms with Gasteiger partial charge >= 0.3 is 0 Å². The average molecular weight is 456 g/mol. The van der Waals surface area contributed by atoms with Crippen molar-refractivity contribution in [3.8, 4) is 5.69 Å². The summed E-state index contributed by atoms with van der Waals surface area (Å²) in [6.07, 6.45) is 1.41. The first-order valence-corrected chi connectivity index (χ1v) is 12.0. The van der Waals surface area contributed by atoms with Crippen molar-refractivity contribution in [2.75, 3.05) is 0 Å². The van der Waals surface area contributed by atoms with Crippen LogP contribution in [0.15, 0.2) is 70.2 Å². The molecule has 0 aliphatic heterocycles. The highest BCUT2D eigenvalue weighted by Crippen LogP contribution is 2.29. The smallest absolute Gasteiger partial charge is 0.226 e. The Morgan fingerprint density at radius 3 is 2.52 bits per heavy atom. The van der Waals surface area contributed by atoms with Crippen LogP contribution in [-0.2, 0) is 18.6 Å². The van der Waals surface area contributed by atoms with Crippen molar-refractivity contribution < 1.29 is 4.42 Å². The molecule has 0 saturated carbocycles. The molecule has 0 N–H and O–H groups in total. The summed E-state index contributed by atoms with van der Waals surface area (Å²) in [5, 5.41) is 20.7. The molecule has 0 radical (unpaired) electrons. The zero-order valence-corrected chi connectivity index (χ0v) is 19.8. The number of hydrogen-bond donors (Lipinski definition) is 0. The number of benzene rings is 3. The maximum absolute atomic E-state index is 5.69. The normalized spacial score (nSPS) is 11.4. The second-order valence-electron chi connectivity index (χ2n) is 8.07. The lowest BCUT2D eigenvalue weighted by Gasteiger charge is -2.14. The SMILES string of the molecule is CCc1nnc(CSc2nnc(Cc3cccc4ccccc34)n2-c2ccc(C)cc2C)o1. The van der Waals surface area contributed by atoms with E-state index in [1.807, 2.05) is 6.92 Å². The van der Waals surface area contributed by atoms with Crippen LogP contribution < -0.4 is 0 Å². The first kappa shape index (κ1) is 21.4. The fourth-order valence-electron chi connectivity index (χ4n) is 4.04. The fourth-order valence-corrected chi connectivity index (χ4v) is 4.84. The summed E-state index contributed by atoms with van der Waals surface area (Å²) in [4.78, 5) is 0. The predicted molar refractivity (Wildman–Crippen MR) is 131 cm³/mol. The number of aryl methyl sites for hydroxylation is 3. The van der Waals surface area contributed by atoms with Gasteiger partial charge in [0.2, 0.25) is 11.8 Å². The monoisotopic (exact) mass is 455 g/mol. The lowest BCUT2D eigenvalue weighted by Crippen LogP contribution is -2.06. The summed E-state index contributed by atoms with van der Waals surface area (Å²) in [6.45, 7) is 6.24. The first-order valence-electron chi connectivity index (χ1n) is 11.0. The minimum atomic E-state index is 0.546. The van der Waals surface area contributed by atoms with Crippen LogP contribution in [0, 0.1) is 13.8 Å². The molecular formula is C26H25N5OS. The summed E-state index contributed by atoms with van der Waals surface area (Å²) in [6, 6.07) is 21.3. The molecule has 0 atom stereocenters. The molecule has 166 valence electrons. The van der Waals surface area contributed by atoms with Crippen LogP contribution in [0.5, 0.6) is 0 Å². The van der Waals surface area contributed by atoms with Gasteiger partial charge in [-0.3, -0.25) is 4.57 Å². The van der Waals surface area contributed by atoms with Gasteiger partial charge in [-0.05, 0) is 41.8 Å². The first-order chi connectivity index (χ1) is 16.1. The lowest BCUT2D eigenvalue weighted by molar-refractivity contribution is 0.470. The van der Waals surface area contributed by atoms with Crippen molar-refractivity contribution in [3.63, 3.8) is 0 Å². The highest BCUT2D eigenvalue weighted by Gasteiger charge is 2.18. The van der Waals surface area contributed by atoms with E-state index >= 15 is 0 Å². The van der Waals surface area contributed by atoms with Gasteiger partial charge in [0.15, 0.2) is 5.16 Å². The van der Waals surface area contributed by atoms with Gasteiger partial charge in [0, 0.05) is 12.8 Å². The van der Waals surface area contributed by atoms with Gasteiger partial charge in [0.25, 0.3) is 0 Å². The van der Waals surface area contributed by atoms with Crippen LogP contribution >= 0.6 is 11.8 Å². The molecule has 0 aliphatic rings. The van der Waals surface area contributed by atoms with Gasteiger partial charge in [-0.2, -0.15) is 0 Å². The molecule has 7 heteroatoms. The Balaban J connectivity index is 1.54. The van der Waals surface area contributed by atoms with Gasteiger partial charge in [-0.1, -0.05) is 78.8 Å². The largest absolute Gasteiger partial charge is 0.424 e. The molecule has 5 aromatic rings. The van der Waals surface area contributed by atoms with Crippen molar-refractivity contribution in [3.05, 3.63) is 95.0 Å². The zero-order chi connectivity index (χ0) is 22.8. The summed E-state index contributed by atoms with van der Waals surface area (Å²) in [7, 11) is 0. The van der Waals surface area contributed by atoms with E-state index in [0.29, 0.717) is 24.0 Å². The van der Waals surface area contributed by atoms with E-state index in [1.165, 1.54) is 27.5 Å². The second-order valence-corrected chi connectivity index (χ2v) is 9.01. The lowest BCUT2D eigenvalue weighted by atomic mass is 10.0. The average Bonchev–Trinajstić information content (AvgIpc) is 3.45. The molecule has 3 aromatic carbocycles. The molecular weight excluding hydrogens is 430 g/mol. The van der Waals surface area contributed by atoms with E-state index in [4.69, 9.17) is 4.42 Å². The quantitative estimate of drug-likeness (QED) is 0.286. The number of rotatable bonds is 7. The van der Waals surface area contributed by atoms with Crippen molar-refractivity contribution >= 4 is 22.5 Å². The van der Waals surface area contributed by atoms with E-state index in [-0.39, 0.29) is 0 Å². The van der Waals surface area contributed by atoms with Gasteiger partial charge in [-0.25, -0.2) is 0 Å². The van der Waals surface area contributed by atoms with E-state index in [2.05, 4.69) is 99.5 Å². The predicted octanol–water partition coefficient (Wildman–Crippen LogP) is 5.87. The molecule has 33 heavy (non-hydrogen) atoms. The molecule has 6 nitrogen and oxygen atoms in total. The third kappa shape index (κ3) is 4.41. The third-order valence-corrected chi connectivity index (χ3v) is 6.57. The molecule has 0 amide bonds. The standard InChI is InChI=1S/C26H25N5OS/c1-4-24-28-29-25(32-24)16-33-26-30-27-23(31(26)22-13-12-17(2)14-18(22)3)15-20-10-7-9-19-8-5-6-11-21(19)20/h5-14H,4,15-16H2,1-3H3. The van der Waals surface area contributed by atoms with Crippen molar-refractivity contribution in [2.45, 2.75) is 44.5 Å². The van der Waals surface area contributed by atoms with Gasteiger partial charge in [0.1, 0.15) is 5.82 Å². The van der Waals surface area contributed by atoms with Crippen molar-refractivity contribution in [1.82, 2.24) is 25.0 Å². The summed E-state index contributed by atoms with van der Waals surface area (Å²) in [5.41, 5.74) is 4.73. The molecule has 0 unspecified atom stereocenters. The molecule has 0 aliphatic carbocycles. The Kier molecular flexibility index (Phi) is 5.96. The van der Waals surface area contributed by atoms with Crippen LogP contribution in [0.25, 0.3) is 16.5 Å². The maximum Gasteiger partial charge on any atom is 0.226 e. The summed E-state index contributed by atoms with van der Waals surface area (Å²) in [5.74, 6) is 2.70. The molecule has 5 rings (SSSR count). The van der Waals surface area contributed by atoms with Gasteiger partial charge in [0.05, 0.1) is 11.4 Å². The minimum Gasteiger partial charge on any atom is -0.424 e. The Morgan fingerprint density at radius 2 is 1.70 bits per heavy atom. The summed E-state index contributed by atoms with van der Waals surface area (Å²) >= 11 is 1.56. The van der Waals surface area contributed by atoms with Crippen LogP contribution in [0.3, 0.4) is 0 Å². The molecule has 2 aromatic heterocycles. The van der Waals surface area contributed by atoms with Crippen LogP contribution in [0.1, 0.15) is 41.2 Å². The fraction of sp³-hybridized carbons (Fsp3) is 0.231. The number of hydrogen-bond acceptors (Lipinski definition) is 6. The minimum absolute atomic E-state index is 0.546. The van der Waals surface area contributed by atoms with E-state index in [1.54, 1.807) is 11.8 Å². The number of fused-ring (bicyclic) bond motifs is 1. The van der Waals surface area contributed by atoms with E-state index in [0.717, 1.165) is 23.1 Å². The van der Waals surface area contributed by atoms with Crippen LogP contribution in [0.4, 0.5) is 0 Å². The van der Waals surface area contributed by atoms with Crippen LogP contribution in [0.2, 0.25) is 0 Å². The molecule has 0 bridgehead atoms. The maximum atomic E-state index is 5.69. The van der Waals surface area contributed by atoms with Gasteiger partial charge < -0.3 is 4.42 Å². The topological polar surface area (TPSA) is 69.6 Å². The number of aromatic nitrogens is 5. The molecule has 0 spiro atoms. The van der Waals surface area contributed by atoms with Crippen molar-refractivity contribution in [1.29, 1.82) is 0 Å². The Hall–Kier alpha value is -3.45.